The van der Waals surface area contributed by atoms with Crippen molar-refractivity contribution < 1.29 is 32.6 Å². The second-order valence-corrected chi connectivity index (χ2v) is 9.20. The molecule has 0 fully saturated rings. The summed E-state index contributed by atoms with van der Waals surface area (Å²) >= 11 is 5.85. The summed E-state index contributed by atoms with van der Waals surface area (Å²) in [6, 6.07) is 10.6. The maximum atomic E-state index is 12.3. The van der Waals surface area contributed by atoms with Gasteiger partial charge in [0, 0.05) is 61.2 Å². The highest BCUT2D eigenvalue weighted by Gasteiger charge is 2.32. The van der Waals surface area contributed by atoms with Gasteiger partial charge in [0.1, 0.15) is 11.6 Å². The lowest BCUT2D eigenvalue weighted by Crippen LogP contribution is -2.31. The number of pyridine rings is 2. The van der Waals surface area contributed by atoms with Crippen molar-refractivity contribution in [3.8, 4) is 5.75 Å². The third kappa shape index (κ3) is 7.70. The summed E-state index contributed by atoms with van der Waals surface area (Å²) in [4.78, 5) is 32.4. The molecule has 0 aliphatic rings. The van der Waals surface area contributed by atoms with E-state index >= 15 is 0 Å². The van der Waals surface area contributed by atoms with Crippen LogP contribution in [0.3, 0.4) is 0 Å². The zero-order valence-electron chi connectivity index (χ0n) is 21.0. The second-order valence-electron chi connectivity index (χ2n) is 8.79. The molecule has 0 radical (unpaired) electrons. The van der Waals surface area contributed by atoms with Crippen LogP contribution < -0.4 is 20.7 Å². The molecule has 2 aromatic carbocycles. The predicted octanol–water partition coefficient (Wildman–Crippen LogP) is 5.13. The molecule has 0 atom stereocenters. The van der Waals surface area contributed by atoms with Crippen LogP contribution in [0.25, 0.3) is 21.7 Å². The molecule has 2 aromatic heterocycles. The van der Waals surface area contributed by atoms with Gasteiger partial charge in [0.05, 0.1) is 16.1 Å². The molecule has 0 saturated heterocycles. The quantitative estimate of drug-likeness (QED) is 0.135. The summed E-state index contributed by atoms with van der Waals surface area (Å²) in [6.07, 6.45) is -0.644. The Labute approximate surface area is 231 Å². The number of ether oxygens (including phenoxy) is 1. The highest BCUT2D eigenvalue weighted by atomic mass is 35.5. The molecule has 210 valence electrons. The lowest BCUT2D eigenvalue weighted by Gasteiger charge is -2.12. The summed E-state index contributed by atoms with van der Waals surface area (Å²) in [5.41, 5.74) is 1.33. The van der Waals surface area contributed by atoms with Crippen LogP contribution in [-0.4, -0.2) is 52.9 Å². The van der Waals surface area contributed by atoms with E-state index in [1.165, 1.54) is 24.3 Å². The minimum Gasteiger partial charge on any atom is -0.478 e. The molecule has 9 nitrogen and oxygen atoms in total. The van der Waals surface area contributed by atoms with Crippen molar-refractivity contribution in [1.82, 2.24) is 20.6 Å². The van der Waals surface area contributed by atoms with E-state index in [-0.39, 0.29) is 22.9 Å². The van der Waals surface area contributed by atoms with Gasteiger partial charge in [0.15, 0.2) is 0 Å². The van der Waals surface area contributed by atoms with Crippen LogP contribution in [0.15, 0.2) is 54.9 Å². The van der Waals surface area contributed by atoms with E-state index in [1.807, 2.05) is 6.07 Å². The molecular formula is C27H25ClF3N5O4. The molecular weight excluding hydrogens is 551 g/mol. The van der Waals surface area contributed by atoms with Crippen molar-refractivity contribution in [3.05, 3.63) is 71.0 Å². The Balaban J connectivity index is 1.20. The number of hydrogen-bond donors (Lipinski definition) is 4. The van der Waals surface area contributed by atoms with Crippen molar-refractivity contribution in [1.29, 1.82) is 0 Å². The van der Waals surface area contributed by atoms with E-state index in [0.717, 1.165) is 22.2 Å². The number of halogens is 4. The van der Waals surface area contributed by atoms with Crippen LogP contribution in [0.4, 0.5) is 19.0 Å². The van der Waals surface area contributed by atoms with Gasteiger partial charge in [-0.15, -0.1) is 13.2 Å². The van der Waals surface area contributed by atoms with Crippen LogP contribution in [-0.2, 0) is 11.3 Å². The van der Waals surface area contributed by atoms with E-state index in [2.05, 4.69) is 30.7 Å². The van der Waals surface area contributed by atoms with Crippen LogP contribution in [0.1, 0.15) is 28.8 Å². The van der Waals surface area contributed by atoms with Crippen molar-refractivity contribution in [2.75, 3.05) is 25.0 Å². The molecule has 2 heterocycles. The number of carboxylic acid groups (broad SMARTS) is 1. The fourth-order valence-corrected chi connectivity index (χ4v) is 4.29. The SMILES string of the molecule is O=C(CCCNc1nc2cc(C(=O)O)ccc2c2cnccc12)NCCNCc1ccc(OC(F)(F)F)c(Cl)c1. The number of amides is 1. The van der Waals surface area contributed by atoms with Gasteiger partial charge in [-0.1, -0.05) is 23.7 Å². The number of carbonyl (C=O) groups excluding carboxylic acids is 1. The average molecular weight is 576 g/mol. The molecule has 4 N–H and O–H groups in total. The van der Waals surface area contributed by atoms with E-state index in [9.17, 15) is 27.9 Å². The average Bonchev–Trinajstić information content (AvgIpc) is 2.91. The van der Waals surface area contributed by atoms with Gasteiger partial charge in [-0.2, -0.15) is 0 Å². The van der Waals surface area contributed by atoms with E-state index < -0.39 is 18.1 Å². The number of aromatic nitrogens is 2. The fourth-order valence-electron chi connectivity index (χ4n) is 4.04. The third-order valence-electron chi connectivity index (χ3n) is 5.89. The van der Waals surface area contributed by atoms with Gasteiger partial charge in [-0.3, -0.25) is 9.78 Å². The minimum atomic E-state index is -4.81. The predicted molar refractivity (Wildman–Crippen MR) is 145 cm³/mol. The maximum absolute atomic E-state index is 12.3. The highest BCUT2D eigenvalue weighted by Crippen LogP contribution is 2.31. The number of carboxylic acids is 1. The molecule has 0 saturated carbocycles. The topological polar surface area (TPSA) is 125 Å². The first kappa shape index (κ1) is 28.8. The summed E-state index contributed by atoms with van der Waals surface area (Å²) in [5.74, 6) is -1.06. The first-order valence-corrected chi connectivity index (χ1v) is 12.6. The summed E-state index contributed by atoms with van der Waals surface area (Å²) in [5, 5.41) is 20.8. The lowest BCUT2D eigenvalue weighted by atomic mass is 10.1. The van der Waals surface area contributed by atoms with Gasteiger partial charge >= 0.3 is 12.3 Å². The highest BCUT2D eigenvalue weighted by molar-refractivity contribution is 6.32. The zero-order chi connectivity index (χ0) is 28.7. The normalized spacial score (nSPS) is 11.5. The summed E-state index contributed by atoms with van der Waals surface area (Å²) in [7, 11) is 0. The van der Waals surface area contributed by atoms with Crippen molar-refractivity contribution in [3.63, 3.8) is 0 Å². The Hall–Kier alpha value is -4.16. The standard InChI is InChI=1S/C27H25ClF3N5O4/c28-21-12-16(3-6-23(21)40-27(29,30)31)14-33-10-11-34-24(37)2-1-8-35-25-19-7-9-32-15-20(19)18-5-4-17(26(38)39)13-22(18)36-25/h3-7,9,12-13,15,33H,1-2,8,10-11,14H2,(H,34,37)(H,35,36)(H,38,39). The smallest absolute Gasteiger partial charge is 0.478 e. The largest absolute Gasteiger partial charge is 0.573 e. The van der Waals surface area contributed by atoms with Gasteiger partial charge in [-0.05, 0) is 42.3 Å². The molecule has 1 amide bonds. The Bertz CT molecular complexity index is 1530. The molecule has 0 aliphatic heterocycles. The number of carbonyl (C=O) groups is 2. The monoisotopic (exact) mass is 575 g/mol. The number of alkyl halides is 3. The number of anilines is 1. The van der Waals surface area contributed by atoms with Gasteiger partial charge < -0.3 is 25.8 Å². The maximum Gasteiger partial charge on any atom is 0.573 e. The van der Waals surface area contributed by atoms with Crippen LogP contribution in [0.2, 0.25) is 5.02 Å². The van der Waals surface area contributed by atoms with Crippen molar-refractivity contribution in [2.24, 2.45) is 0 Å². The second kappa shape index (κ2) is 12.8. The van der Waals surface area contributed by atoms with E-state index in [0.29, 0.717) is 49.5 Å². The zero-order valence-corrected chi connectivity index (χ0v) is 21.8. The first-order chi connectivity index (χ1) is 19.1. The fraction of sp³-hybridized carbons (Fsp3) is 0.259. The summed E-state index contributed by atoms with van der Waals surface area (Å²) in [6.45, 7) is 1.63. The summed E-state index contributed by atoms with van der Waals surface area (Å²) < 4.78 is 40.9. The van der Waals surface area contributed by atoms with Crippen molar-refractivity contribution in [2.45, 2.75) is 25.7 Å². The Kier molecular flexibility index (Phi) is 9.22. The van der Waals surface area contributed by atoms with Gasteiger partial charge in [-0.25, -0.2) is 9.78 Å². The molecule has 0 spiro atoms. The number of nitrogens with one attached hydrogen (secondary N) is 3. The molecule has 13 heteroatoms. The molecule has 0 bridgehead atoms. The number of aromatic carboxylic acids is 1. The van der Waals surface area contributed by atoms with Crippen LogP contribution in [0, 0.1) is 0 Å². The number of benzene rings is 2. The number of fused-ring (bicyclic) bond motifs is 3. The minimum absolute atomic E-state index is 0.132. The van der Waals surface area contributed by atoms with Crippen LogP contribution in [0.5, 0.6) is 5.75 Å². The molecule has 40 heavy (non-hydrogen) atoms. The lowest BCUT2D eigenvalue weighted by molar-refractivity contribution is -0.274. The van der Waals surface area contributed by atoms with Gasteiger partial charge in [0.25, 0.3) is 0 Å². The van der Waals surface area contributed by atoms with Gasteiger partial charge in [0.2, 0.25) is 5.91 Å². The number of hydrogen-bond acceptors (Lipinski definition) is 7. The number of rotatable bonds is 12. The first-order valence-electron chi connectivity index (χ1n) is 12.3. The van der Waals surface area contributed by atoms with Crippen molar-refractivity contribution >= 4 is 51.0 Å². The van der Waals surface area contributed by atoms with E-state index in [4.69, 9.17) is 11.6 Å². The third-order valence-corrected chi connectivity index (χ3v) is 6.19. The molecule has 4 rings (SSSR count). The molecule has 4 aromatic rings. The number of nitrogens with zero attached hydrogens (tertiary/aromatic N) is 2. The Morgan fingerprint density at radius 2 is 1.82 bits per heavy atom. The molecule has 0 aliphatic carbocycles. The Morgan fingerprint density at radius 3 is 2.58 bits per heavy atom. The molecule has 0 unspecified atom stereocenters. The van der Waals surface area contributed by atoms with Crippen LogP contribution >= 0.6 is 11.6 Å². The van der Waals surface area contributed by atoms with E-state index in [1.54, 1.807) is 18.5 Å². The Morgan fingerprint density at radius 1 is 1.00 bits per heavy atom.